The Morgan fingerprint density at radius 1 is 1.25 bits per heavy atom. The van der Waals surface area contributed by atoms with E-state index in [0.29, 0.717) is 15.7 Å². The second-order valence-corrected chi connectivity index (χ2v) is 7.59. The number of rotatable bonds is 5. The van der Waals surface area contributed by atoms with Gasteiger partial charge in [-0.05, 0) is 29.8 Å². The molecule has 24 heavy (non-hydrogen) atoms. The van der Waals surface area contributed by atoms with Crippen LogP contribution >= 0.6 is 23.2 Å². The Balaban J connectivity index is 1.82. The first kappa shape index (κ1) is 17.2. The summed E-state index contributed by atoms with van der Waals surface area (Å²) in [5.41, 5.74) is 4.96. The lowest BCUT2D eigenvalue weighted by molar-refractivity contribution is 0.117. The van der Waals surface area contributed by atoms with Crippen molar-refractivity contribution in [1.82, 2.24) is 15.2 Å². The number of hydroxylamine groups is 1. The second kappa shape index (κ2) is 7.08. The van der Waals surface area contributed by atoms with Crippen molar-refractivity contribution in [3.63, 3.8) is 0 Å². The van der Waals surface area contributed by atoms with E-state index in [1.54, 1.807) is 24.3 Å². The molecule has 0 saturated heterocycles. The Kier molecular flexibility index (Phi) is 5.07. The largest absolute Gasteiger partial charge is 0.272 e. The molecular formula is C15H13Cl2N3O3S. The molecule has 0 fully saturated rings. The molecular weight excluding hydrogens is 373 g/mol. The Morgan fingerprint density at radius 3 is 2.79 bits per heavy atom. The van der Waals surface area contributed by atoms with Gasteiger partial charge in [0.25, 0.3) is 0 Å². The van der Waals surface area contributed by atoms with Crippen LogP contribution in [-0.2, 0) is 14.9 Å². The number of nitrogens with one attached hydrogen (secondary N) is 2. The van der Waals surface area contributed by atoms with Crippen molar-refractivity contribution in [3.05, 3.63) is 63.9 Å². The van der Waals surface area contributed by atoms with Gasteiger partial charge in [-0.1, -0.05) is 29.3 Å². The zero-order valence-corrected chi connectivity index (χ0v) is 14.6. The fourth-order valence-electron chi connectivity index (χ4n) is 2.17. The maximum Gasteiger partial charge on any atom is 0.242 e. The van der Waals surface area contributed by atoms with Crippen molar-refractivity contribution in [2.24, 2.45) is 0 Å². The minimum atomic E-state index is -3.65. The van der Waals surface area contributed by atoms with Crippen LogP contribution in [0.4, 0.5) is 0 Å². The van der Waals surface area contributed by atoms with Gasteiger partial charge in [0, 0.05) is 24.5 Å². The standard InChI is InChI=1S/C15H13Cl2N3O3S/c16-13-4-3-10(6-14(13)17)15-11(9-23-20-15)7-19-24(21,22)12-2-1-5-18-8-12/h1-6,8,19-20H,7,9H2. The molecule has 1 aromatic heterocycles. The molecule has 0 unspecified atom stereocenters. The van der Waals surface area contributed by atoms with Gasteiger partial charge in [0.2, 0.25) is 10.0 Å². The van der Waals surface area contributed by atoms with Crippen LogP contribution in [-0.4, -0.2) is 26.6 Å². The van der Waals surface area contributed by atoms with Gasteiger partial charge >= 0.3 is 0 Å². The van der Waals surface area contributed by atoms with Crippen molar-refractivity contribution < 1.29 is 13.3 Å². The summed E-state index contributed by atoms with van der Waals surface area (Å²) < 4.78 is 27.1. The third kappa shape index (κ3) is 3.71. The highest BCUT2D eigenvalue weighted by Gasteiger charge is 2.20. The van der Waals surface area contributed by atoms with E-state index < -0.39 is 10.0 Å². The molecule has 3 rings (SSSR count). The van der Waals surface area contributed by atoms with Crippen LogP contribution in [0.1, 0.15) is 5.56 Å². The first-order valence-electron chi connectivity index (χ1n) is 6.92. The molecule has 0 spiro atoms. The molecule has 1 aromatic carbocycles. The number of nitrogens with zero attached hydrogens (tertiary/aromatic N) is 1. The minimum absolute atomic E-state index is 0.0970. The summed E-state index contributed by atoms with van der Waals surface area (Å²) in [7, 11) is -3.65. The molecule has 0 aliphatic carbocycles. The van der Waals surface area contributed by atoms with Gasteiger partial charge in [0.05, 0.1) is 22.3 Å². The average Bonchev–Trinajstić information content (AvgIpc) is 3.05. The first-order chi connectivity index (χ1) is 11.5. The van der Waals surface area contributed by atoms with E-state index in [4.69, 9.17) is 28.0 Å². The Bertz CT molecular complexity index is 886. The number of benzene rings is 1. The number of hydrogen-bond donors (Lipinski definition) is 2. The fourth-order valence-corrected chi connectivity index (χ4v) is 3.45. The van der Waals surface area contributed by atoms with Crippen LogP contribution in [0.25, 0.3) is 5.70 Å². The fraction of sp³-hybridized carbons (Fsp3) is 0.133. The van der Waals surface area contributed by atoms with Crippen molar-refractivity contribution in [2.75, 3.05) is 13.2 Å². The van der Waals surface area contributed by atoms with Gasteiger partial charge in [-0.15, -0.1) is 0 Å². The average molecular weight is 386 g/mol. The van der Waals surface area contributed by atoms with Gasteiger partial charge in [-0.2, -0.15) is 0 Å². The van der Waals surface area contributed by atoms with E-state index >= 15 is 0 Å². The predicted molar refractivity (Wildman–Crippen MR) is 91.9 cm³/mol. The van der Waals surface area contributed by atoms with Gasteiger partial charge in [0.15, 0.2) is 0 Å². The van der Waals surface area contributed by atoms with Crippen LogP contribution in [0.3, 0.4) is 0 Å². The van der Waals surface area contributed by atoms with Crippen LogP contribution in [0.15, 0.2) is 53.2 Å². The lowest BCUT2D eigenvalue weighted by Gasteiger charge is -2.09. The van der Waals surface area contributed by atoms with E-state index in [2.05, 4.69) is 15.2 Å². The highest BCUT2D eigenvalue weighted by Crippen LogP contribution is 2.28. The zero-order valence-electron chi connectivity index (χ0n) is 12.3. The highest BCUT2D eigenvalue weighted by atomic mass is 35.5. The van der Waals surface area contributed by atoms with Crippen molar-refractivity contribution >= 4 is 38.9 Å². The third-order valence-corrected chi connectivity index (χ3v) is 5.53. The lowest BCUT2D eigenvalue weighted by Crippen LogP contribution is -2.26. The maximum absolute atomic E-state index is 12.3. The second-order valence-electron chi connectivity index (χ2n) is 5.01. The molecule has 0 saturated carbocycles. The topological polar surface area (TPSA) is 80.3 Å². The number of aromatic nitrogens is 1. The smallest absolute Gasteiger partial charge is 0.242 e. The summed E-state index contributed by atoms with van der Waals surface area (Å²) >= 11 is 11.9. The molecule has 2 heterocycles. The molecule has 0 atom stereocenters. The third-order valence-electron chi connectivity index (χ3n) is 3.40. The SMILES string of the molecule is O=S(=O)(NCC1=C(c2ccc(Cl)c(Cl)c2)NOC1)c1cccnc1. The number of pyridine rings is 1. The van der Waals surface area contributed by atoms with E-state index in [1.807, 2.05) is 0 Å². The lowest BCUT2D eigenvalue weighted by atomic mass is 10.1. The molecule has 2 aromatic rings. The monoisotopic (exact) mass is 385 g/mol. The van der Waals surface area contributed by atoms with Crippen LogP contribution in [0.5, 0.6) is 0 Å². The molecule has 1 aliphatic heterocycles. The number of halogens is 2. The first-order valence-corrected chi connectivity index (χ1v) is 9.16. The molecule has 6 nitrogen and oxygen atoms in total. The molecule has 1 aliphatic rings. The van der Waals surface area contributed by atoms with E-state index in [-0.39, 0.29) is 18.0 Å². The normalized spacial score (nSPS) is 14.8. The van der Waals surface area contributed by atoms with Gasteiger partial charge in [0.1, 0.15) is 4.90 Å². The van der Waals surface area contributed by atoms with Crippen LogP contribution < -0.4 is 10.2 Å². The quantitative estimate of drug-likeness (QED) is 0.826. The molecule has 2 N–H and O–H groups in total. The van der Waals surface area contributed by atoms with E-state index in [9.17, 15) is 8.42 Å². The number of hydrogen-bond acceptors (Lipinski definition) is 5. The Labute approximate surface area is 149 Å². The molecule has 9 heteroatoms. The summed E-state index contributed by atoms with van der Waals surface area (Å²) in [6.07, 6.45) is 2.80. The van der Waals surface area contributed by atoms with Gasteiger partial charge in [-0.25, -0.2) is 13.1 Å². The van der Waals surface area contributed by atoms with E-state index in [0.717, 1.165) is 11.1 Å². The minimum Gasteiger partial charge on any atom is -0.272 e. The molecule has 126 valence electrons. The predicted octanol–water partition coefficient (Wildman–Crippen LogP) is 2.61. The van der Waals surface area contributed by atoms with Gasteiger partial charge < -0.3 is 0 Å². The summed E-state index contributed by atoms with van der Waals surface area (Å²) in [6.45, 7) is 0.352. The summed E-state index contributed by atoms with van der Waals surface area (Å²) in [6, 6.07) is 8.18. The molecule has 0 radical (unpaired) electrons. The van der Waals surface area contributed by atoms with Gasteiger partial charge in [-0.3, -0.25) is 15.3 Å². The Hall–Kier alpha value is -1.64. The van der Waals surface area contributed by atoms with Crippen LogP contribution in [0, 0.1) is 0 Å². The molecule has 0 amide bonds. The summed E-state index contributed by atoms with van der Waals surface area (Å²) in [5, 5.41) is 0.851. The van der Waals surface area contributed by atoms with E-state index in [1.165, 1.54) is 18.5 Å². The summed E-state index contributed by atoms with van der Waals surface area (Å²) in [4.78, 5) is 9.14. The molecule has 0 bridgehead atoms. The Morgan fingerprint density at radius 2 is 2.08 bits per heavy atom. The van der Waals surface area contributed by atoms with Crippen molar-refractivity contribution in [1.29, 1.82) is 0 Å². The van der Waals surface area contributed by atoms with Crippen molar-refractivity contribution in [2.45, 2.75) is 4.90 Å². The van der Waals surface area contributed by atoms with Crippen LogP contribution in [0.2, 0.25) is 10.0 Å². The highest BCUT2D eigenvalue weighted by molar-refractivity contribution is 7.89. The number of sulfonamides is 1. The zero-order chi connectivity index (χ0) is 17.2. The summed E-state index contributed by atoms with van der Waals surface area (Å²) in [5.74, 6) is 0. The van der Waals surface area contributed by atoms with Crippen molar-refractivity contribution in [3.8, 4) is 0 Å². The maximum atomic E-state index is 12.3.